The minimum atomic E-state index is -0.453. The molecule has 132 valence electrons. The van der Waals surface area contributed by atoms with E-state index in [9.17, 15) is 9.59 Å². The second-order valence-corrected chi connectivity index (χ2v) is 5.97. The Labute approximate surface area is 160 Å². The molecule has 0 spiro atoms. The lowest BCUT2D eigenvalue weighted by atomic mass is 10.2. The zero-order chi connectivity index (χ0) is 19.2. The third-order valence-electron chi connectivity index (χ3n) is 3.61. The molecule has 27 heavy (non-hydrogen) atoms. The first kappa shape index (κ1) is 18.1. The zero-order valence-electron chi connectivity index (χ0n) is 13.9. The number of halogens is 1. The maximum absolute atomic E-state index is 12.4. The average Bonchev–Trinajstić information content (AvgIpc) is 2.68. The highest BCUT2D eigenvalue weighted by molar-refractivity contribution is 6.31. The number of nitriles is 1. The summed E-state index contributed by atoms with van der Waals surface area (Å²) in [5.74, 6) is -0.843. The molecule has 0 aliphatic rings. The Morgan fingerprint density at radius 2 is 1.67 bits per heavy atom. The van der Waals surface area contributed by atoms with Crippen molar-refractivity contribution >= 4 is 34.8 Å². The highest BCUT2D eigenvalue weighted by Crippen LogP contribution is 2.16. The fourth-order valence-corrected chi connectivity index (χ4v) is 2.48. The van der Waals surface area contributed by atoms with Crippen LogP contribution >= 0.6 is 11.6 Å². The van der Waals surface area contributed by atoms with E-state index in [0.29, 0.717) is 22.0 Å². The van der Waals surface area contributed by atoms with Gasteiger partial charge in [-0.15, -0.1) is 0 Å². The molecular weight excluding hydrogens is 364 g/mol. The Hall–Kier alpha value is -3.69. The minimum Gasteiger partial charge on any atom is -0.322 e. The zero-order valence-corrected chi connectivity index (χ0v) is 14.7. The fraction of sp³-hybridized carbons (Fsp3) is 0. The third-order valence-corrected chi connectivity index (χ3v) is 3.84. The van der Waals surface area contributed by atoms with E-state index in [1.54, 1.807) is 48.5 Å². The molecule has 0 bridgehead atoms. The first-order chi connectivity index (χ1) is 13.0. The maximum Gasteiger partial charge on any atom is 0.274 e. The number of aromatic nitrogens is 1. The first-order valence-electron chi connectivity index (χ1n) is 7.89. The largest absolute Gasteiger partial charge is 0.322 e. The molecule has 0 aliphatic heterocycles. The van der Waals surface area contributed by atoms with E-state index >= 15 is 0 Å². The van der Waals surface area contributed by atoms with Crippen LogP contribution < -0.4 is 10.6 Å². The molecule has 7 heteroatoms. The topological polar surface area (TPSA) is 94.9 Å². The SMILES string of the molecule is N#Cc1ccc(NC(=O)c2ccnc(C(=O)Nc3cccc(Cl)c3)c2)cc1. The number of anilines is 2. The smallest absolute Gasteiger partial charge is 0.274 e. The number of carbonyl (C=O) groups excluding carboxylic acids is 2. The van der Waals surface area contributed by atoms with Crippen molar-refractivity contribution in [3.05, 3.63) is 88.7 Å². The van der Waals surface area contributed by atoms with Gasteiger partial charge in [-0.25, -0.2) is 0 Å². The van der Waals surface area contributed by atoms with Crippen LogP contribution in [0.5, 0.6) is 0 Å². The minimum absolute atomic E-state index is 0.0995. The number of rotatable bonds is 4. The molecule has 0 aliphatic carbocycles. The molecule has 0 saturated carbocycles. The van der Waals surface area contributed by atoms with E-state index in [4.69, 9.17) is 16.9 Å². The molecule has 1 aromatic heterocycles. The summed E-state index contributed by atoms with van der Waals surface area (Å²) < 4.78 is 0. The van der Waals surface area contributed by atoms with Crippen LogP contribution in [0.15, 0.2) is 66.9 Å². The van der Waals surface area contributed by atoms with E-state index < -0.39 is 5.91 Å². The summed E-state index contributed by atoms with van der Waals surface area (Å²) in [7, 11) is 0. The highest BCUT2D eigenvalue weighted by Gasteiger charge is 2.12. The molecule has 6 nitrogen and oxygen atoms in total. The van der Waals surface area contributed by atoms with Gasteiger partial charge in [-0.05, 0) is 54.6 Å². The van der Waals surface area contributed by atoms with Crippen molar-refractivity contribution in [1.29, 1.82) is 5.26 Å². The molecule has 1 heterocycles. The number of pyridine rings is 1. The van der Waals surface area contributed by atoms with E-state index in [1.807, 2.05) is 6.07 Å². The predicted molar refractivity (Wildman–Crippen MR) is 103 cm³/mol. The lowest BCUT2D eigenvalue weighted by Gasteiger charge is -2.08. The van der Waals surface area contributed by atoms with Crippen LogP contribution in [-0.4, -0.2) is 16.8 Å². The van der Waals surface area contributed by atoms with E-state index in [2.05, 4.69) is 15.6 Å². The number of hydrogen-bond acceptors (Lipinski definition) is 4. The van der Waals surface area contributed by atoms with Crippen molar-refractivity contribution in [2.75, 3.05) is 10.6 Å². The molecule has 0 saturated heterocycles. The molecule has 2 aromatic carbocycles. The summed E-state index contributed by atoms with van der Waals surface area (Å²) in [6, 6.07) is 18.1. The van der Waals surface area contributed by atoms with Crippen molar-refractivity contribution < 1.29 is 9.59 Å². The Morgan fingerprint density at radius 1 is 0.926 bits per heavy atom. The summed E-state index contributed by atoms with van der Waals surface area (Å²) in [6.07, 6.45) is 1.39. The highest BCUT2D eigenvalue weighted by atomic mass is 35.5. The third kappa shape index (κ3) is 4.69. The van der Waals surface area contributed by atoms with Gasteiger partial charge >= 0.3 is 0 Å². The van der Waals surface area contributed by atoms with E-state index in [1.165, 1.54) is 18.3 Å². The van der Waals surface area contributed by atoms with Crippen molar-refractivity contribution in [3.8, 4) is 6.07 Å². The predicted octanol–water partition coefficient (Wildman–Crippen LogP) is 4.11. The van der Waals surface area contributed by atoms with Crippen LogP contribution in [0, 0.1) is 11.3 Å². The molecule has 2 N–H and O–H groups in total. The monoisotopic (exact) mass is 376 g/mol. The number of amides is 2. The van der Waals surface area contributed by atoms with Gasteiger partial charge in [0.05, 0.1) is 11.6 Å². The lowest BCUT2D eigenvalue weighted by Crippen LogP contribution is -2.17. The molecule has 0 atom stereocenters. The number of benzene rings is 2. The molecule has 0 fully saturated rings. The molecule has 0 unspecified atom stereocenters. The van der Waals surface area contributed by atoms with Gasteiger partial charge in [-0.2, -0.15) is 5.26 Å². The van der Waals surface area contributed by atoms with Gasteiger partial charge in [0.2, 0.25) is 0 Å². The van der Waals surface area contributed by atoms with Gasteiger partial charge in [-0.3, -0.25) is 14.6 Å². The van der Waals surface area contributed by atoms with Gasteiger partial charge in [-0.1, -0.05) is 17.7 Å². The van der Waals surface area contributed by atoms with Crippen LogP contribution in [0.2, 0.25) is 5.02 Å². The van der Waals surface area contributed by atoms with Crippen molar-refractivity contribution in [2.45, 2.75) is 0 Å². The number of nitrogens with one attached hydrogen (secondary N) is 2. The van der Waals surface area contributed by atoms with Crippen molar-refractivity contribution in [1.82, 2.24) is 4.98 Å². The summed E-state index contributed by atoms with van der Waals surface area (Å²) in [5.41, 5.74) is 1.95. The fourth-order valence-electron chi connectivity index (χ4n) is 2.29. The van der Waals surface area contributed by atoms with E-state index in [-0.39, 0.29) is 17.2 Å². The van der Waals surface area contributed by atoms with Gasteiger partial charge in [0, 0.05) is 28.2 Å². The second-order valence-electron chi connectivity index (χ2n) is 5.54. The standard InChI is InChI=1S/C20H13ClN4O2/c21-15-2-1-3-17(11-15)25-20(27)18-10-14(8-9-23-18)19(26)24-16-6-4-13(12-22)5-7-16/h1-11H,(H,24,26)(H,25,27). The number of hydrogen-bond donors (Lipinski definition) is 2. The average molecular weight is 377 g/mol. The summed E-state index contributed by atoms with van der Waals surface area (Å²) in [4.78, 5) is 28.8. The Kier molecular flexibility index (Phi) is 5.45. The summed E-state index contributed by atoms with van der Waals surface area (Å²) >= 11 is 5.90. The molecular formula is C20H13ClN4O2. The van der Waals surface area contributed by atoms with Crippen LogP contribution in [0.1, 0.15) is 26.4 Å². The van der Waals surface area contributed by atoms with Crippen LogP contribution in [0.3, 0.4) is 0 Å². The van der Waals surface area contributed by atoms with Gasteiger partial charge < -0.3 is 10.6 Å². The Balaban J connectivity index is 1.73. The molecule has 2 amide bonds. The number of carbonyl (C=O) groups is 2. The summed E-state index contributed by atoms with van der Waals surface area (Å²) in [6.45, 7) is 0. The van der Waals surface area contributed by atoms with Gasteiger partial charge in [0.15, 0.2) is 0 Å². The van der Waals surface area contributed by atoms with Crippen molar-refractivity contribution in [3.63, 3.8) is 0 Å². The first-order valence-corrected chi connectivity index (χ1v) is 8.27. The van der Waals surface area contributed by atoms with Gasteiger partial charge in [0.1, 0.15) is 5.69 Å². The normalized spacial score (nSPS) is 9.93. The van der Waals surface area contributed by atoms with Crippen LogP contribution in [0.25, 0.3) is 0 Å². The van der Waals surface area contributed by atoms with E-state index in [0.717, 1.165) is 0 Å². The molecule has 3 aromatic rings. The van der Waals surface area contributed by atoms with Crippen LogP contribution in [-0.2, 0) is 0 Å². The number of nitrogens with zero attached hydrogens (tertiary/aromatic N) is 2. The van der Waals surface area contributed by atoms with Gasteiger partial charge in [0.25, 0.3) is 11.8 Å². The molecule has 0 radical (unpaired) electrons. The molecule has 3 rings (SSSR count). The second kappa shape index (κ2) is 8.13. The lowest BCUT2D eigenvalue weighted by molar-refractivity contribution is 0.102. The summed E-state index contributed by atoms with van der Waals surface area (Å²) in [5, 5.41) is 14.7. The van der Waals surface area contributed by atoms with Crippen molar-refractivity contribution in [2.24, 2.45) is 0 Å². The van der Waals surface area contributed by atoms with Crippen LogP contribution in [0.4, 0.5) is 11.4 Å². The Morgan fingerprint density at radius 3 is 2.37 bits per heavy atom. The maximum atomic E-state index is 12.4. The Bertz CT molecular complexity index is 1040. The quantitative estimate of drug-likeness (QED) is 0.716.